The minimum atomic E-state index is -0.440. The predicted octanol–water partition coefficient (Wildman–Crippen LogP) is 7.65. The first-order valence-electron chi connectivity index (χ1n) is 12.1. The van der Waals surface area contributed by atoms with E-state index >= 15 is 0 Å². The molecule has 174 valence electrons. The number of unbranched alkanes of at least 4 members (excludes halogenated alkanes) is 6. The summed E-state index contributed by atoms with van der Waals surface area (Å²) in [5.41, 5.74) is 1.07. The zero-order valence-electron chi connectivity index (χ0n) is 19.9. The molecule has 0 bridgehead atoms. The van der Waals surface area contributed by atoms with E-state index in [1.165, 1.54) is 38.5 Å². The van der Waals surface area contributed by atoms with Crippen molar-refractivity contribution < 1.29 is 19.1 Å². The summed E-state index contributed by atoms with van der Waals surface area (Å²) in [5.74, 6) is 0.927. The molecule has 0 aliphatic carbocycles. The molecular formula is C28H38O4. The zero-order chi connectivity index (χ0) is 23.2. The average molecular weight is 439 g/mol. The SMILES string of the molecule is CCCCCCOc1ccc(OC(=O)c2ccc(C(=O)C(C)CCCCCC)cc2)cc1. The molecule has 0 aliphatic rings. The number of carbonyl (C=O) groups excluding carboxylic acids is 2. The highest BCUT2D eigenvalue weighted by Crippen LogP contribution is 2.20. The number of ether oxygens (including phenoxy) is 2. The fourth-order valence-electron chi connectivity index (χ4n) is 3.55. The van der Waals surface area contributed by atoms with E-state index in [1.54, 1.807) is 36.4 Å². The first kappa shape index (κ1) is 25.6. The molecule has 0 saturated heterocycles. The van der Waals surface area contributed by atoms with Gasteiger partial charge in [0, 0.05) is 11.5 Å². The van der Waals surface area contributed by atoms with Crippen LogP contribution in [0.4, 0.5) is 0 Å². The first-order valence-corrected chi connectivity index (χ1v) is 12.1. The molecule has 0 spiro atoms. The van der Waals surface area contributed by atoms with Gasteiger partial charge in [0.25, 0.3) is 0 Å². The van der Waals surface area contributed by atoms with Crippen molar-refractivity contribution in [2.45, 2.75) is 78.6 Å². The molecule has 0 radical (unpaired) electrons. The van der Waals surface area contributed by atoms with Crippen LogP contribution in [0.15, 0.2) is 48.5 Å². The van der Waals surface area contributed by atoms with Crippen LogP contribution in [0.2, 0.25) is 0 Å². The highest BCUT2D eigenvalue weighted by molar-refractivity contribution is 5.99. The minimum absolute atomic E-state index is 0.00274. The van der Waals surface area contributed by atoms with Crippen molar-refractivity contribution in [3.05, 3.63) is 59.7 Å². The fraction of sp³-hybridized carbons (Fsp3) is 0.500. The zero-order valence-corrected chi connectivity index (χ0v) is 19.9. The van der Waals surface area contributed by atoms with Crippen molar-refractivity contribution in [1.29, 1.82) is 0 Å². The Labute approximate surface area is 193 Å². The molecule has 2 aromatic rings. The number of benzene rings is 2. The number of hydrogen-bond donors (Lipinski definition) is 0. The second-order valence-corrected chi connectivity index (χ2v) is 8.46. The summed E-state index contributed by atoms with van der Waals surface area (Å²) in [5, 5.41) is 0. The number of esters is 1. The number of hydrogen-bond acceptors (Lipinski definition) is 4. The molecule has 32 heavy (non-hydrogen) atoms. The average Bonchev–Trinajstić information content (AvgIpc) is 2.82. The predicted molar refractivity (Wildman–Crippen MR) is 130 cm³/mol. The van der Waals surface area contributed by atoms with Crippen molar-refractivity contribution in [3.8, 4) is 11.5 Å². The van der Waals surface area contributed by atoms with Crippen molar-refractivity contribution in [2.75, 3.05) is 6.61 Å². The number of ketones is 1. The van der Waals surface area contributed by atoms with Gasteiger partial charge in [-0.25, -0.2) is 4.79 Å². The van der Waals surface area contributed by atoms with Gasteiger partial charge < -0.3 is 9.47 Å². The molecular weight excluding hydrogens is 400 g/mol. The second kappa shape index (κ2) is 14.4. The van der Waals surface area contributed by atoms with E-state index in [9.17, 15) is 9.59 Å². The summed E-state index contributed by atoms with van der Waals surface area (Å²) in [4.78, 5) is 25.1. The summed E-state index contributed by atoms with van der Waals surface area (Å²) >= 11 is 0. The lowest BCUT2D eigenvalue weighted by atomic mass is 9.93. The van der Waals surface area contributed by atoms with Crippen molar-refractivity contribution in [3.63, 3.8) is 0 Å². The second-order valence-electron chi connectivity index (χ2n) is 8.46. The Balaban J connectivity index is 1.82. The molecule has 0 fully saturated rings. The number of rotatable bonds is 15. The van der Waals surface area contributed by atoms with Gasteiger partial charge in [0.2, 0.25) is 0 Å². The lowest BCUT2D eigenvalue weighted by Gasteiger charge is -2.11. The summed E-state index contributed by atoms with van der Waals surface area (Å²) in [6, 6.07) is 13.8. The smallest absolute Gasteiger partial charge is 0.343 e. The minimum Gasteiger partial charge on any atom is -0.494 e. The van der Waals surface area contributed by atoms with Crippen molar-refractivity contribution in [2.24, 2.45) is 5.92 Å². The molecule has 4 heteroatoms. The molecule has 0 N–H and O–H groups in total. The Morgan fingerprint density at radius 1 is 0.719 bits per heavy atom. The molecule has 2 rings (SSSR count). The summed E-state index contributed by atoms with van der Waals surface area (Å²) in [6.07, 6.45) is 10.2. The maximum Gasteiger partial charge on any atom is 0.343 e. The highest BCUT2D eigenvalue weighted by atomic mass is 16.5. The van der Waals surface area contributed by atoms with Gasteiger partial charge in [-0.2, -0.15) is 0 Å². The van der Waals surface area contributed by atoms with Crippen LogP contribution < -0.4 is 9.47 Å². The molecule has 1 unspecified atom stereocenters. The van der Waals surface area contributed by atoms with E-state index in [2.05, 4.69) is 13.8 Å². The van der Waals surface area contributed by atoms with Gasteiger partial charge in [0.1, 0.15) is 11.5 Å². The Morgan fingerprint density at radius 2 is 1.28 bits per heavy atom. The van der Waals surface area contributed by atoms with Gasteiger partial charge in [-0.05, 0) is 49.2 Å². The molecule has 2 aromatic carbocycles. The number of carbonyl (C=O) groups is 2. The largest absolute Gasteiger partial charge is 0.494 e. The van der Waals surface area contributed by atoms with Gasteiger partial charge in [-0.1, -0.05) is 77.8 Å². The molecule has 0 aromatic heterocycles. The van der Waals surface area contributed by atoms with E-state index in [4.69, 9.17) is 9.47 Å². The summed E-state index contributed by atoms with van der Waals surface area (Å²) in [6.45, 7) is 7.04. The fourth-order valence-corrected chi connectivity index (χ4v) is 3.55. The molecule has 0 aliphatic heterocycles. The van der Waals surface area contributed by atoms with E-state index in [0.29, 0.717) is 23.5 Å². The quantitative estimate of drug-likeness (QED) is 0.124. The van der Waals surface area contributed by atoms with E-state index in [0.717, 1.165) is 25.0 Å². The van der Waals surface area contributed by atoms with Crippen LogP contribution >= 0.6 is 0 Å². The van der Waals surface area contributed by atoms with Crippen LogP contribution in [0, 0.1) is 5.92 Å². The first-order chi connectivity index (χ1) is 15.5. The highest BCUT2D eigenvalue weighted by Gasteiger charge is 2.16. The van der Waals surface area contributed by atoms with Gasteiger partial charge in [-0.15, -0.1) is 0 Å². The topological polar surface area (TPSA) is 52.6 Å². The Hall–Kier alpha value is -2.62. The lowest BCUT2D eigenvalue weighted by molar-refractivity contribution is 0.0733. The Kier molecular flexibility index (Phi) is 11.6. The van der Waals surface area contributed by atoms with Crippen molar-refractivity contribution >= 4 is 11.8 Å². The maximum atomic E-state index is 12.6. The third-order valence-corrected chi connectivity index (χ3v) is 5.64. The number of Topliss-reactive ketones (excluding diaryl/α,β-unsaturated/α-hetero) is 1. The monoisotopic (exact) mass is 438 g/mol. The van der Waals surface area contributed by atoms with E-state index < -0.39 is 5.97 Å². The summed E-state index contributed by atoms with van der Waals surface area (Å²) < 4.78 is 11.2. The van der Waals surface area contributed by atoms with Gasteiger partial charge >= 0.3 is 5.97 Å². The molecule has 0 saturated carbocycles. The molecule has 0 amide bonds. The van der Waals surface area contributed by atoms with Gasteiger partial charge in [0.15, 0.2) is 5.78 Å². The maximum absolute atomic E-state index is 12.6. The van der Waals surface area contributed by atoms with Crippen LogP contribution in [0.5, 0.6) is 11.5 Å². The Bertz CT molecular complexity index is 808. The third kappa shape index (κ3) is 8.86. The van der Waals surface area contributed by atoms with Crippen LogP contribution in [0.1, 0.15) is 99.3 Å². The van der Waals surface area contributed by atoms with Crippen LogP contribution in [-0.2, 0) is 0 Å². The molecule has 0 heterocycles. The van der Waals surface area contributed by atoms with Crippen LogP contribution in [-0.4, -0.2) is 18.4 Å². The van der Waals surface area contributed by atoms with Crippen LogP contribution in [0.25, 0.3) is 0 Å². The standard InChI is InChI=1S/C28H38O4/c1-4-6-8-10-12-22(3)27(29)23-13-15-24(16-14-23)28(30)32-26-19-17-25(18-20-26)31-21-11-9-7-5-2/h13-20,22H,4-12,21H2,1-3H3. The van der Waals surface area contributed by atoms with Crippen molar-refractivity contribution in [1.82, 2.24) is 0 Å². The Morgan fingerprint density at radius 3 is 1.91 bits per heavy atom. The van der Waals surface area contributed by atoms with E-state index in [-0.39, 0.29) is 11.7 Å². The summed E-state index contributed by atoms with van der Waals surface area (Å²) in [7, 11) is 0. The van der Waals surface area contributed by atoms with Gasteiger partial charge in [-0.3, -0.25) is 4.79 Å². The molecule has 1 atom stereocenters. The third-order valence-electron chi connectivity index (χ3n) is 5.64. The lowest BCUT2D eigenvalue weighted by Crippen LogP contribution is -2.13. The molecule has 4 nitrogen and oxygen atoms in total. The normalized spacial score (nSPS) is 11.7. The van der Waals surface area contributed by atoms with E-state index in [1.807, 2.05) is 19.1 Å². The van der Waals surface area contributed by atoms with Crippen LogP contribution in [0.3, 0.4) is 0 Å². The van der Waals surface area contributed by atoms with Gasteiger partial charge in [0.05, 0.1) is 12.2 Å².